The lowest BCUT2D eigenvalue weighted by Crippen LogP contribution is -2.15. The zero-order valence-corrected chi connectivity index (χ0v) is 20.1. The molecule has 0 fully saturated rings. The number of hydrogen-bond acceptors (Lipinski definition) is 6. The van der Waals surface area contributed by atoms with E-state index in [0.717, 1.165) is 9.79 Å². The highest BCUT2D eigenvalue weighted by molar-refractivity contribution is 7.99. The van der Waals surface area contributed by atoms with Crippen LogP contribution in [0, 0.1) is 0 Å². The molecule has 0 bridgehead atoms. The van der Waals surface area contributed by atoms with Gasteiger partial charge in [0.2, 0.25) is 5.75 Å². The van der Waals surface area contributed by atoms with Gasteiger partial charge < -0.3 is 19.5 Å². The molecule has 7 nitrogen and oxygen atoms in total. The van der Waals surface area contributed by atoms with Crippen molar-refractivity contribution >= 4 is 35.0 Å². The van der Waals surface area contributed by atoms with Gasteiger partial charge in [-0.3, -0.25) is 4.79 Å². The third kappa shape index (κ3) is 5.65. The molecule has 4 aromatic rings. The standard InChI is InChI=1S/C25H22ClN3O4S/c1-31-21-7-5-8-22(32-2)24(21)33-16-29-15-14-20(28-29)25(30)27-19-6-3-4-9-23(19)34-18-12-10-17(26)11-13-18/h3-15H,16H2,1-2H3,(H,27,30). The van der Waals surface area contributed by atoms with Gasteiger partial charge in [0.1, 0.15) is 0 Å². The first-order valence-corrected chi connectivity index (χ1v) is 11.5. The summed E-state index contributed by atoms with van der Waals surface area (Å²) in [6.45, 7) is 0.0764. The second kappa shape index (κ2) is 11.0. The topological polar surface area (TPSA) is 74.6 Å². The molecular weight excluding hydrogens is 474 g/mol. The van der Waals surface area contributed by atoms with Gasteiger partial charge in [-0.2, -0.15) is 5.10 Å². The Balaban J connectivity index is 1.43. The summed E-state index contributed by atoms with van der Waals surface area (Å²) in [4.78, 5) is 14.8. The van der Waals surface area contributed by atoms with Gasteiger partial charge in [-0.05, 0) is 54.6 Å². The van der Waals surface area contributed by atoms with Gasteiger partial charge in [0.05, 0.1) is 19.9 Å². The molecule has 1 heterocycles. The molecule has 0 saturated carbocycles. The van der Waals surface area contributed by atoms with Gasteiger partial charge in [-0.1, -0.05) is 41.6 Å². The van der Waals surface area contributed by atoms with E-state index in [0.29, 0.717) is 28.0 Å². The van der Waals surface area contributed by atoms with Crippen LogP contribution in [-0.4, -0.2) is 29.9 Å². The number of para-hydroxylation sites is 2. The summed E-state index contributed by atoms with van der Waals surface area (Å²) in [5, 5.41) is 7.95. The molecule has 4 rings (SSSR count). The number of carbonyl (C=O) groups is 1. The summed E-state index contributed by atoms with van der Waals surface area (Å²) in [5.41, 5.74) is 0.957. The van der Waals surface area contributed by atoms with Crippen LogP contribution in [-0.2, 0) is 6.73 Å². The number of carbonyl (C=O) groups excluding carboxylic acids is 1. The Morgan fingerprint density at radius 1 is 0.971 bits per heavy atom. The van der Waals surface area contributed by atoms with E-state index in [2.05, 4.69) is 10.4 Å². The molecule has 0 aliphatic heterocycles. The number of ether oxygens (including phenoxy) is 3. The van der Waals surface area contributed by atoms with Crippen LogP contribution < -0.4 is 19.5 Å². The van der Waals surface area contributed by atoms with Crippen LogP contribution >= 0.6 is 23.4 Å². The quantitative estimate of drug-likeness (QED) is 0.307. The smallest absolute Gasteiger partial charge is 0.276 e. The van der Waals surface area contributed by atoms with E-state index in [-0.39, 0.29) is 18.3 Å². The van der Waals surface area contributed by atoms with Gasteiger partial charge in [0, 0.05) is 21.0 Å². The second-order valence-electron chi connectivity index (χ2n) is 7.01. The van der Waals surface area contributed by atoms with E-state index in [4.69, 9.17) is 25.8 Å². The predicted molar refractivity (Wildman–Crippen MR) is 132 cm³/mol. The fourth-order valence-electron chi connectivity index (χ4n) is 3.12. The SMILES string of the molecule is COc1cccc(OC)c1OCn1ccc(C(=O)Nc2ccccc2Sc2ccc(Cl)cc2)n1. The minimum absolute atomic E-state index is 0.0764. The Bertz CT molecular complexity index is 1260. The largest absolute Gasteiger partial charge is 0.493 e. The highest BCUT2D eigenvalue weighted by Gasteiger charge is 2.15. The molecule has 34 heavy (non-hydrogen) atoms. The normalized spacial score (nSPS) is 10.6. The Morgan fingerprint density at radius 2 is 1.68 bits per heavy atom. The minimum Gasteiger partial charge on any atom is -0.493 e. The third-order valence-corrected chi connectivity index (χ3v) is 6.11. The van der Waals surface area contributed by atoms with Crippen LogP contribution in [0.5, 0.6) is 17.2 Å². The molecule has 1 amide bonds. The maximum atomic E-state index is 12.9. The monoisotopic (exact) mass is 495 g/mol. The number of aromatic nitrogens is 2. The highest BCUT2D eigenvalue weighted by Crippen LogP contribution is 2.37. The first kappa shape index (κ1) is 23.5. The summed E-state index contributed by atoms with van der Waals surface area (Å²) >= 11 is 7.51. The number of rotatable bonds is 9. The summed E-state index contributed by atoms with van der Waals surface area (Å²) in [6.07, 6.45) is 1.67. The molecule has 0 radical (unpaired) electrons. The zero-order chi connectivity index (χ0) is 23.9. The van der Waals surface area contributed by atoms with Crippen LogP contribution in [0.25, 0.3) is 0 Å². The summed E-state index contributed by atoms with van der Waals surface area (Å²) < 4.78 is 18.0. The highest BCUT2D eigenvalue weighted by atomic mass is 35.5. The number of halogens is 1. The van der Waals surface area contributed by atoms with Crippen LogP contribution in [0.1, 0.15) is 10.5 Å². The average molecular weight is 496 g/mol. The third-order valence-electron chi connectivity index (χ3n) is 4.77. The van der Waals surface area contributed by atoms with Crippen LogP contribution in [0.4, 0.5) is 5.69 Å². The van der Waals surface area contributed by atoms with E-state index < -0.39 is 0 Å². The van der Waals surface area contributed by atoms with Crippen molar-refractivity contribution in [1.82, 2.24) is 9.78 Å². The number of nitrogens with zero attached hydrogens (tertiary/aromatic N) is 2. The molecule has 0 atom stereocenters. The number of amides is 1. The molecule has 174 valence electrons. The first-order chi connectivity index (χ1) is 16.6. The molecule has 0 aliphatic rings. The number of nitrogens with one attached hydrogen (secondary N) is 1. The lowest BCUT2D eigenvalue weighted by Gasteiger charge is -2.14. The van der Waals surface area contributed by atoms with E-state index in [1.54, 1.807) is 38.6 Å². The Kier molecular flexibility index (Phi) is 7.61. The van der Waals surface area contributed by atoms with Crippen molar-refractivity contribution in [2.24, 2.45) is 0 Å². The maximum Gasteiger partial charge on any atom is 0.276 e. The summed E-state index contributed by atoms with van der Waals surface area (Å²) in [7, 11) is 3.11. The number of benzene rings is 3. The molecular formula is C25H22ClN3O4S. The fourth-order valence-corrected chi connectivity index (χ4v) is 4.15. The molecule has 9 heteroatoms. The van der Waals surface area contributed by atoms with Crippen molar-refractivity contribution in [2.45, 2.75) is 16.5 Å². The van der Waals surface area contributed by atoms with E-state index in [1.165, 1.54) is 16.4 Å². The van der Waals surface area contributed by atoms with Gasteiger partial charge in [-0.15, -0.1) is 0 Å². The summed E-state index contributed by atoms with van der Waals surface area (Å²) in [5.74, 6) is 1.22. The summed E-state index contributed by atoms with van der Waals surface area (Å²) in [6, 6.07) is 22.1. The van der Waals surface area contributed by atoms with Gasteiger partial charge >= 0.3 is 0 Å². The molecule has 3 aromatic carbocycles. The van der Waals surface area contributed by atoms with Crippen molar-refractivity contribution < 1.29 is 19.0 Å². The van der Waals surface area contributed by atoms with Gasteiger partial charge in [0.25, 0.3) is 5.91 Å². The molecule has 0 unspecified atom stereocenters. The van der Waals surface area contributed by atoms with Crippen molar-refractivity contribution in [3.8, 4) is 17.2 Å². The number of methoxy groups -OCH3 is 2. The lowest BCUT2D eigenvalue weighted by atomic mass is 10.3. The minimum atomic E-state index is -0.322. The van der Waals surface area contributed by atoms with Gasteiger partial charge in [0.15, 0.2) is 23.9 Å². The zero-order valence-electron chi connectivity index (χ0n) is 18.5. The molecule has 1 aromatic heterocycles. The maximum absolute atomic E-state index is 12.9. The van der Waals surface area contributed by atoms with E-state index in [9.17, 15) is 4.79 Å². The van der Waals surface area contributed by atoms with Crippen molar-refractivity contribution in [3.05, 3.63) is 89.7 Å². The fraction of sp³-hybridized carbons (Fsp3) is 0.120. The number of hydrogen-bond donors (Lipinski definition) is 1. The average Bonchev–Trinajstić information content (AvgIpc) is 3.34. The first-order valence-electron chi connectivity index (χ1n) is 10.3. The van der Waals surface area contributed by atoms with Crippen molar-refractivity contribution in [3.63, 3.8) is 0 Å². The number of anilines is 1. The Labute approximate surface area is 206 Å². The lowest BCUT2D eigenvalue weighted by molar-refractivity contribution is 0.101. The van der Waals surface area contributed by atoms with E-state index >= 15 is 0 Å². The molecule has 0 spiro atoms. The van der Waals surface area contributed by atoms with Crippen LogP contribution in [0.15, 0.2) is 88.8 Å². The van der Waals surface area contributed by atoms with Gasteiger partial charge in [-0.25, -0.2) is 4.68 Å². The molecule has 0 saturated heterocycles. The van der Waals surface area contributed by atoms with Crippen LogP contribution in [0.2, 0.25) is 5.02 Å². The Morgan fingerprint density at radius 3 is 2.38 bits per heavy atom. The molecule has 1 N–H and O–H groups in total. The Hall–Kier alpha value is -3.62. The van der Waals surface area contributed by atoms with Crippen LogP contribution in [0.3, 0.4) is 0 Å². The predicted octanol–water partition coefficient (Wildman–Crippen LogP) is 5.99. The van der Waals surface area contributed by atoms with Crippen molar-refractivity contribution in [2.75, 3.05) is 19.5 Å². The molecule has 0 aliphatic carbocycles. The van der Waals surface area contributed by atoms with E-state index in [1.807, 2.05) is 54.6 Å². The van der Waals surface area contributed by atoms with Crippen molar-refractivity contribution in [1.29, 1.82) is 0 Å². The second-order valence-corrected chi connectivity index (χ2v) is 8.56.